The van der Waals surface area contributed by atoms with Crippen molar-refractivity contribution >= 4 is 46.6 Å². The van der Waals surface area contributed by atoms with Crippen LogP contribution in [0.4, 0.5) is 4.79 Å². The van der Waals surface area contributed by atoms with Crippen LogP contribution in [0.3, 0.4) is 0 Å². The number of carbonyl (C=O) groups is 2. The van der Waals surface area contributed by atoms with Crippen LogP contribution in [-0.2, 0) is 20.6 Å². The minimum Gasteiger partial charge on any atom is -0.461 e. The van der Waals surface area contributed by atoms with Crippen molar-refractivity contribution in [3.8, 4) is 0 Å². The number of nitrogens with zero attached hydrogens (tertiary/aromatic N) is 2. The van der Waals surface area contributed by atoms with Gasteiger partial charge in [-0.3, -0.25) is 0 Å². The summed E-state index contributed by atoms with van der Waals surface area (Å²) < 4.78 is 16.8. The first-order valence-corrected chi connectivity index (χ1v) is 12.4. The normalized spacial score (nSPS) is 19.2. The van der Waals surface area contributed by atoms with Gasteiger partial charge in [0.05, 0.1) is 34.4 Å². The average Bonchev–Trinajstić information content (AvgIpc) is 3.09. The van der Waals surface area contributed by atoms with Gasteiger partial charge in [0.15, 0.2) is 5.69 Å². The monoisotopic (exact) mass is 514 g/mol. The van der Waals surface area contributed by atoms with Gasteiger partial charge >= 0.3 is 12.1 Å². The molecule has 7 nitrogen and oxygen atoms in total. The molecule has 0 spiro atoms. The lowest BCUT2D eigenvalue weighted by Crippen LogP contribution is -2.40. The zero-order valence-electron chi connectivity index (χ0n) is 19.1. The first-order chi connectivity index (χ1) is 15.6. The molecule has 1 aromatic carbocycles. The van der Waals surface area contributed by atoms with Crippen LogP contribution in [0.25, 0.3) is 0 Å². The topological polar surface area (TPSA) is 78.0 Å². The van der Waals surface area contributed by atoms with Crippen molar-refractivity contribution in [3.63, 3.8) is 0 Å². The van der Waals surface area contributed by atoms with E-state index in [4.69, 9.17) is 37.4 Å². The highest BCUT2D eigenvalue weighted by molar-refractivity contribution is 7.09. The smallest absolute Gasteiger partial charge is 0.410 e. The number of benzene rings is 1. The SMILES string of the molecule is CCOC(=O)c1csc(C[C@@H]2CN(C(=O)OC(C)(C)C)CCO[C@H]2c2ccc(Cl)c(Cl)c2)n1. The Bertz CT molecular complexity index is 991. The number of hydrogen-bond donors (Lipinski definition) is 0. The van der Waals surface area contributed by atoms with Gasteiger partial charge in [-0.25, -0.2) is 14.6 Å². The Hall–Kier alpha value is -1.87. The van der Waals surface area contributed by atoms with Crippen LogP contribution < -0.4 is 0 Å². The number of hydrogen-bond acceptors (Lipinski definition) is 7. The van der Waals surface area contributed by atoms with E-state index >= 15 is 0 Å². The van der Waals surface area contributed by atoms with E-state index in [9.17, 15) is 9.59 Å². The van der Waals surface area contributed by atoms with Gasteiger partial charge in [0.2, 0.25) is 0 Å². The molecule has 2 atom stereocenters. The van der Waals surface area contributed by atoms with Gasteiger partial charge in [-0.15, -0.1) is 11.3 Å². The number of carbonyl (C=O) groups excluding carboxylic acids is 2. The van der Waals surface area contributed by atoms with Crippen molar-refractivity contribution in [3.05, 3.63) is 49.9 Å². The fourth-order valence-corrected chi connectivity index (χ4v) is 4.71. The zero-order valence-corrected chi connectivity index (χ0v) is 21.4. The number of halogens is 2. The van der Waals surface area contributed by atoms with Crippen molar-refractivity contribution in [1.82, 2.24) is 9.88 Å². The number of thiazole rings is 1. The van der Waals surface area contributed by atoms with Gasteiger partial charge < -0.3 is 19.1 Å². The average molecular weight is 515 g/mol. The summed E-state index contributed by atoms with van der Waals surface area (Å²) in [6, 6.07) is 5.40. The van der Waals surface area contributed by atoms with Gasteiger partial charge in [0.1, 0.15) is 5.60 Å². The lowest BCUT2D eigenvalue weighted by atomic mass is 9.92. The fourth-order valence-electron chi connectivity index (χ4n) is 3.55. The molecule has 0 N–H and O–H groups in total. The Labute approximate surface area is 207 Å². The third-order valence-corrected chi connectivity index (χ3v) is 6.55. The highest BCUT2D eigenvalue weighted by atomic mass is 35.5. The molecular formula is C23H28Cl2N2O5S. The third kappa shape index (κ3) is 7.06. The van der Waals surface area contributed by atoms with Crippen LogP contribution in [0.1, 0.15) is 54.9 Å². The number of esters is 1. The molecule has 0 saturated carbocycles. The molecule has 1 fully saturated rings. The van der Waals surface area contributed by atoms with Gasteiger partial charge in [-0.2, -0.15) is 0 Å². The molecule has 10 heteroatoms. The summed E-state index contributed by atoms with van der Waals surface area (Å²) in [7, 11) is 0. The second-order valence-corrected chi connectivity index (χ2v) is 10.5. The minimum absolute atomic E-state index is 0.154. The first-order valence-electron chi connectivity index (χ1n) is 10.7. The lowest BCUT2D eigenvalue weighted by Gasteiger charge is -2.29. The molecule has 0 bridgehead atoms. The van der Waals surface area contributed by atoms with Gasteiger partial charge in [0, 0.05) is 30.8 Å². The third-order valence-electron chi connectivity index (χ3n) is 4.94. The van der Waals surface area contributed by atoms with Crippen LogP contribution in [0.5, 0.6) is 0 Å². The predicted molar refractivity (Wildman–Crippen MR) is 128 cm³/mol. The van der Waals surface area contributed by atoms with Crippen molar-refractivity contribution in [2.24, 2.45) is 5.92 Å². The standard InChI is InChI=1S/C23H28Cl2N2O5S/c1-5-30-21(28)18-13-33-19(26-18)11-15-12-27(22(29)32-23(2,3)4)8-9-31-20(15)14-6-7-16(24)17(25)10-14/h6-7,10,13,15,20H,5,8-9,11-12H2,1-4H3/t15-,20+/m1/s1. The minimum atomic E-state index is -0.604. The molecular weight excluding hydrogens is 487 g/mol. The van der Waals surface area contributed by atoms with E-state index in [1.54, 1.807) is 29.3 Å². The highest BCUT2D eigenvalue weighted by Crippen LogP contribution is 2.35. The van der Waals surface area contributed by atoms with E-state index in [0.717, 1.165) is 10.6 Å². The Morgan fingerprint density at radius 3 is 2.70 bits per heavy atom. The van der Waals surface area contributed by atoms with Crippen molar-refractivity contribution in [1.29, 1.82) is 0 Å². The summed E-state index contributed by atoms with van der Waals surface area (Å²) in [5.41, 5.74) is 0.538. The molecule has 3 rings (SSSR count). The van der Waals surface area contributed by atoms with E-state index in [2.05, 4.69) is 4.98 Å². The summed E-state index contributed by atoms with van der Waals surface area (Å²) in [4.78, 5) is 31.0. The molecule has 1 aliphatic heterocycles. The van der Waals surface area contributed by atoms with E-state index in [1.165, 1.54) is 11.3 Å². The fraction of sp³-hybridized carbons (Fsp3) is 0.522. The number of amides is 1. The van der Waals surface area contributed by atoms with Crippen LogP contribution in [-0.4, -0.2) is 53.9 Å². The number of rotatable bonds is 5. The van der Waals surface area contributed by atoms with Gasteiger partial charge in [-0.1, -0.05) is 29.3 Å². The summed E-state index contributed by atoms with van der Waals surface area (Å²) in [5.74, 6) is -0.605. The van der Waals surface area contributed by atoms with Crippen molar-refractivity contribution in [2.75, 3.05) is 26.3 Å². The van der Waals surface area contributed by atoms with Crippen molar-refractivity contribution < 1.29 is 23.8 Å². The first kappa shape index (κ1) is 25.7. The number of aromatic nitrogens is 1. The highest BCUT2D eigenvalue weighted by Gasteiger charge is 2.34. The molecule has 180 valence electrons. The van der Waals surface area contributed by atoms with E-state index < -0.39 is 17.7 Å². The molecule has 1 aliphatic rings. The van der Waals surface area contributed by atoms with Gasteiger partial charge in [0.25, 0.3) is 0 Å². The van der Waals surface area contributed by atoms with E-state index in [-0.39, 0.29) is 24.3 Å². The maximum absolute atomic E-state index is 12.8. The molecule has 2 aromatic rings. The van der Waals surface area contributed by atoms with Crippen LogP contribution in [0, 0.1) is 5.92 Å². The summed E-state index contributed by atoms with van der Waals surface area (Å²) in [5, 5.41) is 3.33. The quantitative estimate of drug-likeness (QED) is 0.469. The molecule has 1 aromatic heterocycles. The maximum atomic E-state index is 12.8. The molecule has 0 unspecified atom stereocenters. The molecule has 33 heavy (non-hydrogen) atoms. The number of ether oxygens (including phenoxy) is 3. The second kappa shape index (κ2) is 11.0. The molecule has 0 radical (unpaired) electrons. The molecule has 2 heterocycles. The van der Waals surface area contributed by atoms with E-state index in [0.29, 0.717) is 36.2 Å². The summed E-state index contributed by atoms with van der Waals surface area (Å²) in [6.45, 7) is 8.68. The molecule has 1 saturated heterocycles. The van der Waals surface area contributed by atoms with Crippen LogP contribution in [0.15, 0.2) is 23.6 Å². The Morgan fingerprint density at radius 2 is 2.03 bits per heavy atom. The Kier molecular flexibility index (Phi) is 8.61. The summed E-state index contributed by atoms with van der Waals surface area (Å²) in [6.07, 6.45) is -0.242. The lowest BCUT2D eigenvalue weighted by molar-refractivity contribution is 0.0230. The molecule has 1 amide bonds. The molecule has 0 aliphatic carbocycles. The van der Waals surface area contributed by atoms with Crippen molar-refractivity contribution in [2.45, 2.75) is 45.8 Å². The zero-order chi connectivity index (χ0) is 24.2. The van der Waals surface area contributed by atoms with Crippen LogP contribution in [0.2, 0.25) is 10.0 Å². The summed E-state index contributed by atoms with van der Waals surface area (Å²) >= 11 is 13.8. The maximum Gasteiger partial charge on any atom is 0.410 e. The Balaban J connectivity index is 1.87. The largest absolute Gasteiger partial charge is 0.461 e. The second-order valence-electron chi connectivity index (χ2n) is 8.70. The van der Waals surface area contributed by atoms with Crippen LogP contribution >= 0.6 is 34.5 Å². The predicted octanol–water partition coefficient (Wildman–Crippen LogP) is 5.79. The van der Waals surface area contributed by atoms with Gasteiger partial charge in [-0.05, 0) is 45.4 Å². The Morgan fingerprint density at radius 1 is 1.27 bits per heavy atom. The van der Waals surface area contributed by atoms with E-state index in [1.807, 2.05) is 26.8 Å².